The molecule has 0 bridgehead atoms. The number of H-pyrrole nitrogens is 2. The van der Waals surface area contributed by atoms with E-state index in [1.165, 1.54) is 0 Å². The van der Waals surface area contributed by atoms with Crippen LogP contribution in [0, 0.1) is 0 Å². The lowest BCUT2D eigenvalue weighted by Crippen LogP contribution is -2.10. The molecule has 5 heteroatoms. The second-order valence-electron chi connectivity index (χ2n) is 6.88. The molecular formula is C22H18N4O. The number of nitrogens with zero attached hydrogens (tertiary/aromatic N) is 2. The van der Waals surface area contributed by atoms with Crippen molar-refractivity contribution in [3.63, 3.8) is 0 Å². The molecule has 0 saturated heterocycles. The van der Waals surface area contributed by atoms with Crippen molar-refractivity contribution >= 4 is 23.2 Å². The molecule has 1 aliphatic rings. The molecule has 3 heterocycles. The zero-order chi connectivity index (χ0) is 18.2. The number of hydrogen-bond donors (Lipinski definition) is 2. The number of fused-ring (bicyclic) bond motifs is 1. The van der Waals surface area contributed by atoms with E-state index in [-0.39, 0.29) is 5.56 Å². The Morgan fingerprint density at radius 1 is 1.00 bits per heavy atom. The number of pyridine rings is 1. The van der Waals surface area contributed by atoms with Crippen LogP contribution in [0.3, 0.4) is 0 Å². The van der Waals surface area contributed by atoms with E-state index >= 15 is 0 Å². The highest BCUT2D eigenvalue weighted by Gasteiger charge is 2.26. The van der Waals surface area contributed by atoms with Crippen molar-refractivity contribution in [2.75, 3.05) is 0 Å². The maximum absolute atomic E-state index is 12.4. The van der Waals surface area contributed by atoms with Crippen LogP contribution in [0.5, 0.6) is 0 Å². The molecule has 0 aliphatic heterocycles. The zero-order valence-electron chi connectivity index (χ0n) is 14.6. The van der Waals surface area contributed by atoms with Gasteiger partial charge in [0.1, 0.15) is 11.5 Å². The van der Waals surface area contributed by atoms with E-state index in [1.54, 1.807) is 6.20 Å². The summed E-state index contributed by atoms with van der Waals surface area (Å²) in [4.78, 5) is 27.6. The van der Waals surface area contributed by atoms with Crippen LogP contribution in [0.15, 0.2) is 59.5 Å². The van der Waals surface area contributed by atoms with Crippen molar-refractivity contribution in [2.24, 2.45) is 0 Å². The van der Waals surface area contributed by atoms with E-state index in [1.807, 2.05) is 60.7 Å². The number of hydrogen-bond acceptors (Lipinski definition) is 3. The molecule has 5 rings (SSSR count). The first-order valence-corrected chi connectivity index (χ1v) is 9.09. The van der Waals surface area contributed by atoms with Crippen LogP contribution in [0.4, 0.5) is 0 Å². The summed E-state index contributed by atoms with van der Waals surface area (Å²) in [5.74, 6) is 1.20. The quantitative estimate of drug-likeness (QED) is 0.572. The number of aromatic nitrogens is 4. The van der Waals surface area contributed by atoms with E-state index in [0.29, 0.717) is 17.0 Å². The number of aromatic amines is 2. The molecular weight excluding hydrogens is 336 g/mol. The maximum Gasteiger partial charge on any atom is 0.260 e. The van der Waals surface area contributed by atoms with E-state index in [2.05, 4.69) is 19.9 Å². The molecule has 0 atom stereocenters. The molecule has 1 saturated carbocycles. The minimum absolute atomic E-state index is 0.0809. The summed E-state index contributed by atoms with van der Waals surface area (Å²) in [6.45, 7) is 0. The molecule has 1 fully saturated rings. The second kappa shape index (κ2) is 6.36. The summed E-state index contributed by atoms with van der Waals surface area (Å²) in [5.41, 5.74) is 4.39. The highest BCUT2D eigenvalue weighted by molar-refractivity contribution is 5.83. The predicted octanol–water partition coefficient (Wildman–Crippen LogP) is 4.36. The summed E-state index contributed by atoms with van der Waals surface area (Å²) in [5, 5.41) is 0.590. The van der Waals surface area contributed by atoms with Crippen molar-refractivity contribution in [1.29, 1.82) is 0 Å². The average molecular weight is 354 g/mol. The molecule has 3 aromatic heterocycles. The van der Waals surface area contributed by atoms with Gasteiger partial charge < -0.3 is 9.97 Å². The highest BCUT2D eigenvalue weighted by Crippen LogP contribution is 2.37. The number of nitrogens with one attached hydrogen (secondary N) is 2. The first-order valence-electron chi connectivity index (χ1n) is 9.09. The Hall–Kier alpha value is -3.47. The molecule has 0 spiro atoms. The molecule has 2 N–H and O–H groups in total. The molecule has 1 aromatic carbocycles. The van der Waals surface area contributed by atoms with Gasteiger partial charge in [-0.05, 0) is 42.7 Å². The van der Waals surface area contributed by atoms with Crippen LogP contribution in [0.25, 0.3) is 34.4 Å². The van der Waals surface area contributed by atoms with Crippen molar-refractivity contribution in [1.82, 2.24) is 19.9 Å². The fraction of sp³-hybridized carbons (Fsp3) is 0.136. The molecule has 4 aromatic rings. The Labute approximate surface area is 155 Å². The predicted molar refractivity (Wildman–Crippen MR) is 107 cm³/mol. The second-order valence-corrected chi connectivity index (χ2v) is 6.88. The first-order chi connectivity index (χ1) is 13.3. The van der Waals surface area contributed by atoms with E-state index < -0.39 is 0 Å². The third-order valence-electron chi connectivity index (χ3n) is 4.82. The Bertz CT molecular complexity index is 1200. The first kappa shape index (κ1) is 15.8. The van der Waals surface area contributed by atoms with Gasteiger partial charge in [-0.15, -0.1) is 0 Å². The molecule has 132 valence electrons. The average Bonchev–Trinajstić information content (AvgIpc) is 3.46. The van der Waals surface area contributed by atoms with Crippen LogP contribution in [-0.2, 0) is 0 Å². The van der Waals surface area contributed by atoms with Crippen molar-refractivity contribution in [3.05, 3.63) is 82.2 Å². The van der Waals surface area contributed by atoms with E-state index in [0.717, 1.165) is 41.2 Å². The zero-order valence-corrected chi connectivity index (χ0v) is 14.6. The molecule has 27 heavy (non-hydrogen) atoms. The third-order valence-corrected chi connectivity index (χ3v) is 4.82. The summed E-state index contributed by atoms with van der Waals surface area (Å²) < 4.78 is 0. The maximum atomic E-state index is 12.4. The summed E-state index contributed by atoms with van der Waals surface area (Å²) in [7, 11) is 0. The molecule has 0 amide bonds. The molecule has 0 radical (unpaired) electrons. The largest absolute Gasteiger partial charge is 0.339 e. The number of rotatable bonds is 4. The summed E-state index contributed by atoms with van der Waals surface area (Å²) in [6.07, 6.45) is 8.00. The minimum atomic E-state index is -0.0809. The fourth-order valence-corrected chi connectivity index (χ4v) is 3.20. The lowest BCUT2D eigenvalue weighted by atomic mass is 10.1. The van der Waals surface area contributed by atoms with Gasteiger partial charge >= 0.3 is 0 Å². The standard InChI is InChI=1S/C22H18N4O/c27-22-18-13-19(24-21(18)25-20(26-22)15-7-8-15)16-10-11-23-17(12-16)9-6-14-4-2-1-3-5-14/h1-6,9-13,15H,7-8H2,(H2,24,25,26,27). The van der Waals surface area contributed by atoms with Crippen molar-refractivity contribution in [3.8, 4) is 11.3 Å². The smallest absolute Gasteiger partial charge is 0.260 e. The van der Waals surface area contributed by atoms with Gasteiger partial charge in [-0.25, -0.2) is 4.98 Å². The Balaban J connectivity index is 1.50. The Morgan fingerprint density at radius 3 is 2.67 bits per heavy atom. The van der Waals surface area contributed by atoms with Gasteiger partial charge in [-0.3, -0.25) is 9.78 Å². The summed E-state index contributed by atoms with van der Waals surface area (Å²) >= 11 is 0. The van der Waals surface area contributed by atoms with Crippen LogP contribution >= 0.6 is 0 Å². The van der Waals surface area contributed by atoms with Crippen LogP contribution < -0.4 is 5.56 Å². The van der Waals surface area contributed by atoms with Gasteiger partial charge in [-0.2, -0.15) is 0 Å². The van der Waals surface area contributed by atoms with E-state index in [4.69, 9.17) is 0 Å². The monoisotopic (exact) mass is 354 g/mol. The van der Waals surface area contributed by atoms with Gasteiger partial charge in [-0.1, -0.05) is 36.4 Å². The summed E-state index contributed by atoms with van der Waals surface area (Å²) in [6, 6.07) is 15.9. The SMILES string of the molecule is O=c1[nH]c(C2CC2)nc2[nH]c(-c3ccnc(C=Cc4ccccc4)c3)cc12. The molecule has 1 aliphatic carbocycles. The van der Waals surface area contributed by atoms with Crippen LogP contribution in [-0.4, -0.2) is 19.9 Å². The Kier molecular flexibility index (Phi) is 3.71. The lowest BCUT2D eigenvalue weighted by molar-refractivity contribution is 0.927. The normalized spacial score (nSPS) is 14.2. The molecule has 5 nitrogen and oxygen atoms in total. The number of benzene rings is 1. The van der Waals surface area contributed by atoms with Crippen LogP contribution in [0.2, 0.25) is 0 Å². The van der Waals surface area contributed by atoms with Gasteiger partial charge in [0.15, 0.2) is 0 Å². The Morgan fingerprint density at radius 2 is 1.85 bits per heavy atom. The van der Waals surface area contributed by atoms with Crippen molar-refractivity contribution < 1.29 is 0 Å². The van der Waals surface area contributed by atoms with Gasteiger partial charge in [0, 0.05) is 23.4 Å². The fourth-order valence-electron chi connectivity index (χ4n) is 3.20. The topological polar surface area (TPSA) is 74.4 Å². The highest BCUT2D eigenvalue weighted by atomic mass is 16.1. The third kappa shape index (κ3) is 3.19. The van der Waals surface area contributed by atoms with Crippen molar-refractivity contribution in [2.45, 2.75) is 18.8 Å². The van der Waals surface area contributed by atoms with Gasteiger partial charge in [0.05, 0.1) is 11.1 Å². The molecule has 0 unspecified atom stereocenters. The lowest BCUT2D eigenvalue weighted by Gasteiger charge is -1.99. The van der Waals surface area contributed by atoms with Gasteiger partial charge in [0.25, 0.3) is 5.56 Å². The van der Waals surface area contributed by atoms with Gasteiger partial charge in [0.2, 0.25) is 0 Å². The van der Waals surface area contributed by atoms with Crippen LogP contribution in [0.1, 0.15) is 35.8 Å². The van der Waals surface area contributed by atoms with E-state index in [9.17, 15) is 4.79 Å². The minimum Gasteiger partial charge on any atom is -0.339 e.